The lowest BCUT2D eigenvalue weighted by molar-refractivity contribution is 0.591. The number of nitrogens with one attached hydrogen (secondary N) is 1. The molecule has 0 saturated carbocycles. The van der Waals surface area contributed by atoms with Crippen molar-refractivity contribution < 1.29 is 0 Å². The molecule has 3 heteroatoms. The molecule has 3 N–H and O–H groups in total. The standard InChI is InChI=1S/C9H15N3/c1-2-3-4-5-8(10)9-11-6-7-12-9/h2,6-8H,1,3-5,10H2,(H,11,12). The molecule has 3 nitrogen and oxygen atoms in total. The van der Waals surface area contributed by atoms with Crippen LogP contribution in [-0.2, 0) is 0 Å². The van der Waals surface area contributed by atoms with Crippen LogP contribution in [0.4, 0.5) is 0 Å². The summed E-state index contributed by atoms with van der Waals surface area (Å²) in [5, 5.41) is 0. The highest BCUT2D eigenvalue weighted by atomic mass is 14.9. The summed E-state index contributed by atoms with van der Waals surface area (Å²) < 4.78 is 0. The van der Waals surface area contributed by atoms with Crippen molar-refractivity contribution in [1.29, 1.82) is 0 Å². The maximum absolute atomic E-state index is 5.85. The quantitative estimate of drug-likeness (QED) is 0.516. The summed E-state index contributed by atoms with van der Waals surface area (Å²) in [6, 6.07) is 0.0416. The monoisotopic (exact) mass is 165 g/mol. The maximum atomic E-state index is 5.85. The molecule has 1 atom stereocenters. The molecule has 0 saturated heterocycles. The van der Waals surface area contributed by atoms with Crippen molar-refractivity contribution in [3.63, 3.8) is 0 Å². The van der Waals surface area contributed by atoms with Crippen LogP contribution in [-0.4, -0.2) is 9.97 Å². The Balaban J connectivity index is 2.29. The summed E-state index contributed by atoms with van der Waals surface area (Å²) in [6.07, 6.45) is 8.49. The minimum absolute atomic E-state index is 0.0416. The van der Waals surface area contributed by atoms with Crippen LogP contribution in [0.25, 0.3) is 0 Å². The van der Waals surface area contributed by atoms with Gasteiger partial charge in [0.05, 0.1) is 6.04 Å². The average molecular weight is 165 g/mol. The van der Waals surface area contributed by atoms with E-state index in [1.54, 1.807) is 12.4 Å². The molecule has 0 spiro atoms. The summed E-state index contributed by atoms with van der Waals surface area (Å²) in [4.78, 5) is 7.09. The van der Waals surface area contributed by atoms with Gasteiger partial charge in [-0.25, -0.2) is 4.98 Å². The molecule has 1 heterocycles. The van der Waals surface area contributed by atoms with E-state index in [0.717, 1.165) is 25.1 Å². The van der Waals surface area contributed by atoms with Gasteiger partial charge in [-0.2, -0.15) is 0 Å². The van der Waals surface area contributed by atoms with E-state index in [2.05, 4.69) is 16.5 Å². The minimum Gasteiger partial charge on any atom is -0.347 e. The van der Waals surface area contributed by atoms with Crippen LogP contribution in [0.1, 0.15) is 31.1 Å². The minimum atomic E-state index is 0.0416. The molecule has 0 fully saturated rings. The molecule has 12 heavy (non-hydrogen) atoms. The zero-order valence-corrected chi connectivity index (χ0v) is 7.16. The fourth-order valence-electron chi connectivity index (χ4n) is 1.10. The van der Waals surface area contributed by atoms with Crippen molar-refractivity contribution >= 4 is 0 Å². The number of allylic oxidation sites excluding steroid dienone is 1. The number of imidazole rings is 1. The van der Waals surface area contributed by atoms with Crippen LogP contribution in [0.15, 0.2) is 25.0 Å². The molecular formula is C9H15N3. The molecular weight excluding hydrogens is 150 g/mol. The van der Waals surface area contributed by atoms with E-state index >= 15 is 0 Å². The fraction of sp³-hybridized carbons (Fsp3) is 0.444. The molecule has 1 aromatic rings. The molecule has 0 aliphatic carbocycles. The molecule has 66 valence electrons. The van der Waals surface area contributed by atoms with E-state index in [1.165, 1.54) is 0 Å². The number of aromatic amines is 1. The number of H-pyrrole nitrogens is 1. The topological polar surface area (TPSA) is 54.7 Å². The first-order chi connectivity index (χ1) is 5.84. The van der Waals surface area contributed by atoms with Gasteiger partial charge in [0.15, 0.2) is 0 Å². The van der Waals surface area contributed by atoms with Crippen LogP contribution in [0, 0.1) is 0 Å². The van der Waals surface area contributed by atoms with Crippen molar-refractivity contribution in [1.82, 2.24) is 9.97 Å². The van der Waals surface area contributed by atoms with Crippen LogP contribution in [0.5, 0.6) is 0 Å². The lowest BCUT2D eigenvalue weighted by Gasteiger charge is -2.06. The Morgan fingerprint density at radius 1 is 1.75 bits per heavy atom. The number of unbranched alkanes of at least 4 members (excludes halogenated alkanes) is 1. The van der Waals surface area contributed by atoms with Gasteiger partial charge in [-0.3, -0.25) is 0 Å². The Bertz CT molecular complexity index is 216. The number of hydrogen-bond donors (Lipinski definition) is 2. The van der Waals surface area contributed by atoms with Crippen LogP contribution in [0.2, 0.25) is 0 Å². The number of rotatable bonds is 5. The van der Waals surface area contributed by atoms with E-state index in [1.807, 2.05) is 6.08 Å². The van der Waals surface area contributed by atoms with E-state index in [-0.39, 0.29) is 6.04 Å². The molecule has 1 rings (SSSR count). The summed E-state index contributed by atoms with van der Waals surface area (Å²) in [6.45, 7) is 3.66. The first-order valence-corrected chi connectivity index (χ1v) is 4.20. The van der Waals surface area contributed by atoms with Gasteiger partial charge >= 0.3 is 0 Å². The molecule has 1 unspecified atom stereocenters. The number of aromatic nitrogens is 2. The van der Waals surface area contributed by atoms with Crippen molar-refractivity contribution in [2.24, 2.45) is 5.73 Å². The third-order valence-corrected chi connectivity index (χ3v) is 1.79. The number of hydrogen-bond acceptors (Lipinski definition) is 2. The second-order valence-electron chi connectivity index (χ2n) is 2.80. The maximum Gasteiger partial charge on any atom is 0.123 e. The highest BCUT2D eigenvalue weighted by Crippen LogP contribution is 2.11. The summed E-state index contributed by atoms with van der Waals surface area (Å²) in [7, 11) is 0. The summed E-state index contributed by atoms with van der Waals surface area (Å²) >= 11 is 0. The van der Waals surface area contributed by atoms with Crippen LogP contribution in [0.3, 0.4) is 0 Å². The zero-order chi connectivity index (χ0) is 8.81. The van der Waals surface area contributed by atoms with Crippen molar-refractivity contribution in [2.75, 3.05) is 0 Å². The van der Waals surface area contributed by atoms with Gasteiger partial charge in [0.1, 0.15) is 5.82 Å². The van der Waals surface area contributed by atoms with Gasteiger partial charge in [-0.15, -0.1) is 6.58 Å². The molecule has 0 aliphatic heterocycles. The zero-order valence-electron chi connectivity index (χ0n) is 7.16. The lowest BCUT2D eigenvalue weighted by Crippen LogP contribution is -2.11. The van der Waals surface area contributed by atoms with Gasteiger partial charge in [-0.05, 0) is 19.3 Å². The van der Waals surface area contributed by atoms with Crippen molar-refractivity contribution in [2.45, 2.75) is 25.3 Å². The highest BCUT2D eigenvalue weighted by Gasteiger charge is 2.06. The van der Waals surface area contributed by atoms with E-state index in [9.17, 15) is 0 Å². The number of nitrogens with zero attached hydrogens (tertiary/aromatic N) is 1. The molecule has 0 aromatic carbocycles. The first-order valence-electron chi connectivity index (χ1n) is 4.20. The molecule has 1 aromatic heterocycles. The molecule has 0 aliphatic rings. The van der Waals surface area contributed by atoms with Gasteiger partial charge in [0.2, 0.25) is 0 Å². The van der Waals surface area contributed by atoms with Gasteiger partial charge in [-0.1, -0.05) is 6.08 Å². The molecule has 0 amide bonds. The largest absolute Gasteiger partial charge is 0.347 e. The predicted octanol–water partition coefficient (Wildman–Crippen LogP) is 1.77. The second-order valence-corrected chi connectivity index (χ2v) is 2.80. The second kappa shape index (κ2) is 4.72. The van der Waals surface area contributed by atoms with Crippen molar-refractivity contribution in [3.8, 4) is 0 Å². The smallest absolute Gasteiger partial charge is 0.123 e. The predicted molar refractivity (Wildman–Crippen MR) is 49.6 cm³/mol. The Hall–Kier alpha value is -1.09. The SMILES string of the molecule is C=CCCCC(N)c1ncc[nH]1. The van der Waals surface area contributed by atoms with Gasteiger partial charge in [0, 0.05) is 12.4 Å². The lowest BCUT2D eigenvalue weighted by atomic mass is 10.1. The summed E-state index contributed by atoms with van der Waals surface area (Å²) in [5.41, 5.74) is 5.85. The summed E-state index contributed by atoms with van der Waals surface area (Å²) in [5.74, 6) is 0.874. The van der Waals surface area contributed by atoms with E-state index in [0.29, 0.717) is 0 Å². The van der Waals surface area contributed by atoms with Crippen LogP contribution < -0.4 is 5.73 Å². The Morgan fingerprint density at radius 2 is 2.58 bits per heavy atom. The Kier molecular flexibility index (Phi) is 3.54. The average Bonchev–Trinajstić information content (AvgIpc) is 2.56. The Morgan fingerprint density at radius 3 is 3.17 bits per heavy atom. The number of nitrogens with two attached hydrogens (primary N) is 1. The van der Waals surface area contributed by atoms with E-state index < -0.39 is 0 Å². The normalized spacial score (nSPS) is 12.8. The highest BCUT2D eigenvalue weighted by molar-refractivity contribution is 4.93. The molecule has 0 radical (unpaired) electrons. The van der Waals surface area contributed by atoms with Crippen LogP contribution >= 0.6 is 0 Å². The van der Waals surface area contributed by atoms with E-state index in [4.69, 9.17) is 5.73 Å². The third kappa shape index (κ3) is 2.51. The molecule has 0 bridgehead atoms. The van der Waals surface area contributed by atoms with Crippen molar-refractivity contribution in [3.05, 3.63) is 30.9 Å². The van der Waals surface area contributed by atoms with Gasteiger partial charge < -0.3 is 10.7 Å². The third-order valence-electron chi connectivity index (χ3n) is 1.79. The fourth-order valence-corrected chi connectivity index (χ4v) is 1.10. The Labute approximate surface area is 72.7 Å². The first kappa shape index (κ1) is 9.00. The van der Waals surface area contributed by atoms with Gasteiger partial charge in [0.25, 0.3) is 0 Å².